The molecule has 4 nitrogen and oxygen atoms in total. The van der Waals surface area contributed by atoms with Crippen LogP contribution in [0.4, 0.5) is 5.69 Å². The van der Waals surface area contributed by atoms with E-state index in [9.17, 15) is 8.42 Å². The van der Waals surface area contributed by atoms with E-state index in [1.165, 1.54) is 6.20 Å². The van der Waals surface area contributed by atoms with E-state index in [4.69, 9.17) is 23.2 Å². The number of benzene rings is 2. The van der Waals surface area contributed by atoms with Crippen LogP contribution in [0.15, 0.2) is 53.6 Å². The largest absolute Gasteiger partial charge is 0.370 e. The first-order valence-electron chi connectivity index (χ1n) is 9.64. The fraction of sp³-hybridized carbons (Fsp3) is 0.318. The SMILES string of the molecule is CC1CCN(c2c(S(=O)(=O)Cc3ccc(Cl)cc3)cnc3ccc(Cl)cc23)CC1. The molecule has 0 aliphatic carbocycles. The van der Waals surface area contributed by atoms with E-state index in [-0.39, 0.29) is 10.6 Å². The minimum absolute atomic E-state index is 0.102. The number of halogens is 2. The van der Waals surface area contributed by atoms with Gasteiger partial charge in [0.1, 0.15) is 4.90 Å². The summed E-state index contributed by atoms with van der Waals surface area (Å²) in [5.74, 6) is 0.534. The fourth-order valence-electron chi connectivity index (χ4n) is 3.80. The number of hydrogen-bond acceptors (Lipinski definition) is 4. The third-order valence-electron chi connectivity index (χ3n) is 5.47. The van der Waals surface area contributed by atoms with Gasteiger partial charge in [-0.3, -0.25) is 4.98 Å². The second-order valence-corrected chi connectivity index (χ2v) is 10.5. The zero-order valence-corrected chi connectivity index (χ0v) is 18.4. The number of aromatic nitrogens is 1. The average Bonchev–Trinajstić information content (AvgIpc) is 2.69. The maximum Gasteiger partial charge on any atom is 0.186 e. The first-order valence-corrected chi connectivity index (χ1v) is 12.0. The first kappa shape index (κ1) is 20.5. The number of fused-ring (bicyclic) bond motifs is 1. The van der Waals surface area contributed by atoms with Crippen molar-refractivity contribution in [3.8, 4) is 0 Å². The molecule has 0 N–H and O–H groups in total. The van der Waals surface area contributed by atoms with Crippen LogP contribution in [0, 0.1) is 5.92 Å². The molecular formula is C22H22Cl2N2O2S. The summed E-state index contributed by atoms with van der Waals surface area (Å²) in [5.41, 5.74) is 2.16. The Labute approximate surface area is 181 Å². The molecule has 0 unspecified atom stereocenters. The normalized spacial score (nSPS) is 15.8. The third kappa shape index (κ3) is 4.37. The molecule has 1 saturated heterocycles. The molecule has 152 valence electrons. The Morgan fingerprint density at radius 2 is 1.69 bits per heavy atom. The lowest BCUT2D eigenvalue weighted by Gasteiger charge is -2.34. The van der Waals surface area contributed by atoms with Gasteiger partial charge in [-0.05, 0) is 54.7 Å². The second kappa shape index (κ2) is 8.13. The van der Waals surface area contributed by atoms with Gasteiger partial charge in [-0.2, -0.15) is 0 Å². The minimum Gasteiger partial charge on any atom is -0.370 e. The third-order valence-corrected chi connectivity index (χ3v) is 7.64. The Morgan fingerprint density at radius 3 is 2.38 bits per heavy atom. The van der Waals surface area contributed by atoms with Crippen molar-refractivity contribution in [2.45, 2.75) is 30.4 Å². The molecule has 4 rings (SSSR count). The number of sulfone groups is 1. The van der Waals surface area contributed by atoms with Gasteiger partial charge in [0, 0.05) is 34.7 Å². The van der Waals surface area contributed by atoms with Gasteiger partial charge in [-0.1, -0.05) is 42.3 Å². The van der Waals surface area contributed by atoms with Gasteiger partial charge in [0.05, 0.1) is 17.0 Å². The predicted molar refractivity (Wildman–Crippen MR) is 120 cm³/mol. The van der Waals surface area contributed by atoms with Crippen LogP contribution in [0.2, 0.25) is 10.0 Å². The second-order valence-electron chi connectivity index (χ2n) is 7.69. The van der Waals surface area contributed by atoms with Gasteiger partial charge < -0.3 is 4.90 Å². The highest BCUT2D eigenvalue weighted by molar-refractivity contribution is 7.90. The van der Waals surface area contributed by atoms with Gasteiger partial charge in [0.15, 0.2) is 9.84 Å². The molecule has 1 aliphatic rings. The van der Waals surface area contributed by atoms with E-state index in [2.05, 4.69) is 16.8 Å². The van der Waals surface area contributed by atoms with Crippen LogP contribution in [0.3, 0.4) is 0 Å². The van der Waals surface area contributed by atoms with E-state index >= 15 is 0 Å². The van der Waals surface area contributed by atoms with Crippen LogP contribution in [0.25, 0.3) is 10.9 Å². The lowest BCUT2D eigenvalue weighted by atomic mass is 9.98. The highest BCUT2D eigenvalue weighted by Gasteiger charge is 2.27. The molecule has 0 amide bonds. The first-order chi connectivity index (χ1) is 13.8. The molecule has 2 heterocycles. The summed E-state index contributed by atoms with van der Waals surface area (Å²) in [7, 11) is -3.61. The number of pyridine rings is 1. The zero-order chi connectivity index (χ0) is 20.6. The van der Waals surface area contributed by atoms with Crippen molar-refractivity contribution >= 4 is 49.6 Å². The standard InChI is InChI=1S/C22H22Cl2N2O2S/c1-15-8-10-26(11-9-15)22-19-12-18(24)6-7-20(19)25-13-21(22)29(27,28)14-16-2-4-17(23)5-3-16/h2-7,12-13,15H,8-11,14H2,1H3. The van der Waals surface area contributed by atoms with Gasteiger partial charge >= 0.3 is 0 Å². The molecule has 1 aliphatic heterocycles. The Morgan fingerprint density at radius 1 is 1.03 bits per heavy atom. The average molecular weight is 449 g/mol. The maximum atomic E-state index is 13.4. The highest BCUT2D eigenvalue weighted by Crippen LogP contribution is 2.37. The molecule has 7 heteroatoms. The number of hydrogen-bond donors (Lipinski definition) is 0. The van der Waals surface area contributed by atoms with Crippen molar-refractivity contribution in [2.75, 3.05) is 18.0 Å². The molecule has 29 heavy (non-hydrogen) atoms. The van der Waals surface area contributed by atoms with Crippen LogP contribution in [0.5, 0.6) is 0 Å². The minimum atomic E-state index is -3.61. The molecule has 0 bridgehead atoms. The molecule has 1 aromatic heterocycles. The lowest BCUT2D eigenvalue weighted by Crippen LogP contribution is -2.34. The summed E-state index contributed by atoms with van der Waals surface area (Å²) in [6.07, 6.45) is 3.55. The topological polar surface area (TPSA) is 50.3 Å². The molecule has 0 spiro atoms. The summed E-state index contributed by atoms with van der Waals surface area (Å²) < 4.78 is 26.8. The predicted octanol–water partition coefficient (Wildman–Crippen LogP) is 5.75. The summed E-state index contributed by atoms with van der Waals surface area (Å²) in [5, 5.41) is 1.93. The van der Waals surface area contributed by atoms with E-state index in [0.717, 1.165) is 42.5 Å². The van der Waals surface area contributed by atoms with Crippen LogP contribution >= 0.6 is 23.2 Å². The lowest BCUT2D eigenvalue weighted by molar-refractivity contribution is 0.437. The van der Waals surface area contributed by atoms with Gasteiger partial charge in [0.25, 0.3) is 0 Å². The van der Waals surface area contributed by atoms with Crippen molar-refractivity contribution in [2.24, 2.45) is 5.92 Å². The smallest absolute Gasteiger partial charge is 0.186 e. The number of rotatable bonds is 4. The van der Waals surface area contributed by atoms with Crippen LogP contribution in [-0.4, -0.2) is 26.5 Å². The molecule has 0 atom stereocenters. The molecule has 2 aromatic carbocycles. The zero-order valence-electron chi connectivity index (χ0n) is 16.1. The van der Waals surface area contributed by atoms with E-state index in [0.29, 0.717) is 21.5 Å². The van der Waals surface area contributed by atoms with Crippen molar-refractivity contribution in [1.29, 1.82) is 0 Å². The maximum absolute atomic E-state index is 13.4. The van der Waals surface area contributed by atoms with Gasteiger partial charge in [-0.25, -0.2) is 8.42 Å². The number of anilines is 1. The number of nitrogens with zero attached hydrogens (tertiary/aromatic N) is 2. The van der Waals surface area contributed by atoms with Gasteiger partial charge in [0.2, 0.25) is 0 Å². The Bertz CT molecular complexity index is 1140. The van der Waals surface area contributed by atoms with Crippen molar-refractivity contribution in [3.63, 3.8) is 0 Å². The van der Waals surface area contributed by atoms with Crippen LogP contribution in [-0.2, 0) is 15.6 Å². The summed E-state index contributed by atoms with van der Waals surface area (Å²) in [6, 6.07) is 12.3. The summed E-state index contributed by atoms with van der Waals surface area (Å²) >= 11 is 12.2. The summed E-state index contributed by atoms with van der Waals surface area (Å²) in [4.78, 5) is 6.87. The van der Waals surface area contributed by atoms with Crippen LogP contribution in [0.1, 0.15) is 25.3 Å². The van der Waals surface area contributed by atoms with Crippen molar-refractivity contribution in [1.82, 2.24) is 4.98 Å². The van der Waals surface area contributed by atoms with Gasteiger partial charge in [-0.15, -0.1) is 0 Å². The van der Waals surface area contributed by atoms with E-state index in [1.807, 2.05) is 12.1 Å². The van der Waals surface area contributed by atoms with Crippen LogP contribution < -0.4 is 4.90 Å². The van der Waals surface area contributed by atoms with Crippen molar-refractivity contribution in [3.05, 3.63) is 64.3 Å². The van der Waals surface area contributed by atoms with E-state index in [1.54, 1.807) is 30.3 Å². The number of piperidine rings is 1. The molecule has 1 fully saturated rings. The Hall–Kier alpha value is -1.82. The molecule has 3 aromatic rings. The molecule has 0 radical (unpaired) electrons. The highest BCUT2D eigenvalue weighted by atomic mass is 35.5. The molecular weight excluding hydrogens is 427 g/mol. The monoisotopic (exact) mass is 448 g/mol. The van der Waals surface area contributed by atoms with E-state index < -0.39 is 9.84 Å². The molecule has 0 saturated carbocycles. The quantitative estimate of drug-likeness (QED) is 0.509. The fourth-order valence-corrected chi connectivity index (χ4v) is 5.63. The summed E-state index contributed by atoms with van der Waals surface area (Å²) in [6.45, 7) is 3.86. The van der Waals surface area contributed by atoms with Crippen molar-refractivity contribution < 1.29 is 8.42 Å². The Kier molecular flexibility index (Phi) is 5.74. The Balaban J connectivity index is 1.84.